The van der Waals surface area contributed by atoms with E-state index in [9.17, 15) is 0 Å². The second kappa shape index (κ2) is 4.33. The molecule has 0 fully saturated rings. The van der Waals surface area contributed by atoms with Crippen molar-refractivity contribution in [3.8, 4) is 10.4 Å². The Balaban J connectivity index is 2.41. The summed E-state index contributed by atoms with van der Waals surface area (Å²) in [5.74, 6) is 1.33. The lowest BCUT2D eigenvalue weighted by Crippen LogP contribution is -1.96. The van der Waals surface area contributed by atoms with E-state index < -0.39 is 0 Å². The van der Waals surface area contributed by atoms with Gasteiger partial charge in [0.2, 0.25) is 0 Å². The number of rotatable bonds is 2. The molecule has 0 saturated heterocycles. The molecule has 0 saturated carbocycles. The Hall–Kier alpha value is -1.46. The van der Waals surface area contributed by atoms with Crippen LogP contribution in [0.4, 0.5) is 5.82 Å². The highest BCUT2D eigenvalue weighted by Crippen LogP contribution is 2.42. The number of nitrogens with zero attached hydrogens (tertiary/aromatic N) is 2. The van der Waals surface area contributed by atoms with Crippen molar-refractivity contribution in [1.29, 1.82) is 0 Å². The first kappa shape index (κ1) is 11.6. The molecular formula is C13H13N3S2. The molecule has 0 amide bonds. The van der Waals surface area contributed by atoms with Gasteiger partial charge >= 0.3 is 0 Å². The summed E-state index contributed by atoms with van der Waals surface area (Å²) in [6, 6.07) is 4.19. The lowest BCUT2D eigenvalue weighted by molar-refractivity contribution is 1.11. The van der Waals surface area contributed by atoms with Crippen LogP contribution in [0.3, 0.4) is 0 Å². The topological polar surface area (TPSA) is 51.8 Å². The third-order valence-electron chi connectivity index (χ3n) is 2.85. The number of nitrogen functional groups attached to an aromatic ring is 1. The first-order chi connectivity index (χ1) is 8.70. The molecule has 0 bridgehead atoms. The maximum atomic E-state index is 6.09. The van der Waals surface area contributed by atoms with E-state index in [0.29, 0.717) is 5.82 Å². The van der Waals surface area contributed by atoms with Gasteiger partial charge in [0.25, 0.3) is 0 Å². The number of thiophene rings is 2. The fourth-order valence-corrected chi connectivity index (χ4v) is 4.16. The zero-order valence-electron chi connectivity index (χ0n) is 10.2. The first-order valence-electron chi connectivity index (χ1n) is 5.80. The average molecular weight is 275 g/mol. The molecule has 0 aromatic carbocycles. The summed E-state index contributed by atoms with van der Waals surface area (Å²) in [6.45, 7) is 4.05. The van der Waals surface area contributed by atoms with Gasteiger partial charge < -0.3 is 5.73 Å². The SMILES string of the molecule is CCc1sc2nc(C)nc(N)c2c1-c1cccs1. The number of anilines is 1. The van der Waals surface area contributed by atoms with E-state index in [-0.39, 0.29) is 0 Å². The van der Waals surface area contributed by atoms with Crippen LogP contribution in [-0.2, 0) is 6.42 Å². The summed E-state index contributed by atoms with van der Waals surface area (Å²) in [5, 5.41) is 3.11. The predicted molar refractivity (Wildman–Crippen MR) is 79.3 cm³/mol. The maximum absolute atomic E-state index is 6.09. The van der Waals surface area contributed by atoms with Gasteiger partial charge in [-0.25, -0.2) is 9.97 Å². The highest BCUT2D eigenvalue weighted by atomic mass is 32.1. The normalized spacial score (nSPS) is 11.2. The molecule has 0 aliphatic rings. The lowest BCUT2D eigenvalue weighted by atomic mass is 10.1. The largest absolute Gasteiger partial charge is 0.383 e. The molecule has 3 aromatic rings. The number of aromatic nitrogens is 2. The van der Waals surface area contributed by atoms with Gasteiger partial charge in [-0.15, -0.1) is 22.7 Å². The summed E-state index contributed by atoms with van der Waals surface area (Å²) < 4.78 is 0. The van der Waals surface area contributed by atoms with Crippen LogP contribution in [0, 0.1) is 6.92 Å². The third kappa shape index (κ3) is 1.71. The van der Waals surface area contributed by atoms with Crippen molar-refractivity contribution >= 4 is 38.7 Å². The molecule has 0 radical (unpaired) electrons. The van der Waals surface area contributed by atoms with Crippen molar-refractivity contribution in [3.63, 3.8) is 0 Å². The minimum absolute atomic E-state index is 0.594. The number of hydrogen-bond acceptors (Lipinski definition) is 5. The molecule has 3 rings (SSSR count). The number of nitrogens with two attached hydrogens (primary N) is 1. The van der Waals surface area contributed by atoms with Crippen molar-refractivity contribution < 1.29 is 0 Å². The molecule has 5 heteroatoms. The van der Waals surface area contributed by atoms with Crippen molar-refractivity contribution in [1.82, 2.24) is 9.97 Å². The molecule has 2 N–H and O–H groups in total. The van der Waals surface area contributed by atoms with Gasteiger partial charge in [-0.3, -0.25) is 0 Å². The molecule has 92 valence electrons. The van der Waals surface area contributed by atoms with Gasteiger partial charge in [-0.1, -0.05) is 13.0 Å². The molecule has 0 aliphatic heterocycles. The van der Waals surface area contributed by atoms with Crippen LogP contribution in [0.15, 0.2) is 17.5 Å². The van der Waals surface area contributed by atoms with Crippen molar-refractivity contribution in [2.75, 3.05) is 5.73 Å². The fourth-order valence-electron chi connectivity index (χ4n) is 2.11. The quantitative estimate of drug-likeness (QED) is 0.772. The summed E-state index contributed by atoms with van der Waals surface area (Å²) >= 11 is 3.46. The molecule has 0 spiro atoms. The lowest BCUT2D eigenvalue weighted by Gasteiger charge is -2.02. The maximum Gasteiger partial charge on any atom is 0.136 e. The van der Waals surface area contributed by atoms with Crippen LogP contribution >= 0.6 is 22.7 Å². The van der Waals surface area contributed by atoms with E-state index in [1.807, 2.05) is 6.92 Å². The van der Waals surface area contributed by atoms with Gasteiger partial charge in [-0.2, -0.15) is 0 Å². The number of fused-ring (bicyclic) bond motifs is 1. The second-order valence-corrected chi connectivity index (χ2v) is 6.10. The summed E-state index contributed by atoms with van der Waals surface area (Å²) in [4.78, 5) is 12.4. The van der Waals surface area contributed by atoms with Gasteiger partial charge in [0.1, 0.15) is 16.5 Å². The fraction of sp³-hybridized carbons (Fsp3) is 0.231. The van der Waals surface area contributed by atoms with Crippen molar-refractivity contribution in [2.24, 2.45) is 0 Å². The Bertz CT molecular complexity index is 699. The zero-order valence-corrected chi connectivity index (χ0v) is 11.9. The van der Waals surface area contributed by atoms with Crippen LogP contribution in [0.1, 0.15) is 17.6 Å². The Kier molecular flexibility index (Phi) is 2.80. The zero-order chi connectivity index (χ0) is 12.7. The molecule has 0 unspecified atom stereocenters. The van der Waals surface area contributed by atoms with E-state index in [2.05, 4.69) is 34.4 Å². The summed E-state index contributed by atoms with van der Waals surface area (Å²) in [6.07, 6.45) is 0.993. The van der Waals surface area contributed by atoms with Crippen molar-refractivity contribution in [2.45, 2.75) is 20.3 Å². The highest BCUT2D eigenvalue weighted by molar-refractivity contribution is 7.20. The van der Waals surface area contributed by atoms with Crippen LogP contribution < -0.4 is 5.73 Å². The van der Waals surface area contributed by atoms with E-state index in [1.165, 1.54) is 15.3 Å². The van der Waals surface area contributed by atoms with Gasteiger partial charge in [0, 0.05) is 15.3 Å². The Morgan fingerprint density at radius 2 is 2.17 bits per heavy atom. The van der Waals surface area contributed by atoms with Crippen LogP contribution in [-0.4, -0.2) is 9.97 Å². The Labute approximate surface area is 113 Å². The monoisotopic (exact) mass is 275 g/mol. The molecule has 3 heterocycles. The van der Waals surface area contributed by atoms with Crippen LogP contribution in [0.2, 0.25) is 0 Å². The summed E-state index contributed by atoms with van der Waals surface area (Å²) in [7, 11) is 0. The molecule has 18 heavy (non-hydrogen) atoms. The minimum Gasteiger partial charge on any atom is -0.383 e. The van der Waals surface area contributed by atoms with E-state index >= 15 is 0 Å². The molecular weight excluding hydrogens is 262 g/mol. The third-order valence-corrected chi connectivity index (χ3v) is 4.97. The second-order valence-electron chi connectivity index (χ2n) is 4.07. The van der Waals surface area contributed by atoms with Crippen molar-refractivity contribution in [3.05, 3.63) is 28.2 Å². The number of hydrogen-bond donors (Lipinski definition) is 1. The van der Waals surface area contributed by atoms with E-state index in [4.69, 9.17) is 5.73 Å². The molecule has 0 atom stereocenters. The van der Waals surface area contributed by atoms with Crippen LogP contribution in [0.25, 0.3) is 20.7 Å². The predicted octanol–water partition coefficient (Wildman–Crippen LogP) is 3.87. The number of aryl methyl sites for hydroxylation is 2. The molecule has 3 nitrogen and oxygen atoms in total. The molecule has 0 aliphatic carbocycles. The first-order valence-corrected chi connectivity index (χ1v) is 7.49. The van der Waals surface area contributed by atoms with Crippen LogP contribution in [0.5, 0.6) is 0 Å². The molecule has 3 aromatic heterocycles. The standard InChI is InChI=1S/C13H13N3S2/c1-3-8-10(9-5-4-6-17-9)11-12(14)15-7(2)16-13(11)18-8/h4-6H,3H2,1-2H3,(H2,14,15,16). The van der Waals surface area contributed by atoms with Gasteiger partial charge in [0.05, 0.1) is 5.39 Å². The van der Waals surface area contributed by atoms with E-state index in [0.717, 1.165) is 22.5 Å². The Morgan fingerprint density at radius 1 is 1.33 bits per heavy atom. The smallest absolute Gasteiger partial charge is 0.136 e. The van der Waals surface area contributed by atoms with Gasteiger partial charge in [0.15, 0.2) is 0 Å². The minimum atomic E-state index is 0.594. The Morgan fingerprint density at radius 3 is 2.83 bits per heavy atom. The average Bonchev–Trinajstić information content (AvgIpc) is 2.93. The van der Waals surface area contributed by atoms with Gasteiger partial charge in [-0.05, 0) is 24.8 Å². The highest BCUT2D eigenvalue weighted by Gasteiger charge is 2.18. The van der Waals surface area contributed by atoms with E-state index in [1.54, 1.807) is 22.7 Å². The summed E-state index contributed by atoms with van der Waals surface area (Å²) in [5.41, 5.74) is 7.32.